The van der Waals surface area contributed by atoms with Crippen LogP contribution in [0, 0.1) is 17.8 Å². The lowest BCUT2D eigenvalue weighted by molar-refractivity contribution is -0.122. The van der Waals surface area contributed by atoms with Crippen molar-refractivity contribution in [3.63, 3.8) is 0 Å². The number of halogens is 2. The van der Waals surface area contributed by atoms with E-state index in [0.717, 1.165) is 23.3 Å². The minimum absolute atomic E-state index is 0.0121. The zero-order valence-electron chi connectivity index (χ0n) is 13.0. The molecule has 2 nitrogen and oxygen atoms in total. The summed E-state index contributed by atoms with van der Waals surface area (Å²) >= 11 is 11.9. The quantitative estimate of drug-likeness (QED) is 0.756. The molecule has 5 rings (SSSR count). The zero-order valence-corrected chi connectivity index (χ0v) is 14.5. The van der Waals surface area contributed by atoms with Gasteiger partial charge >= 0.3 is 0 Å². The molecule has 4 fully saturated rings. The van der Waals surface area contributed by atoms with Gasteiger partial charge < -0.3 is 5.32 Å². The second-order valence-corrected chi connectivity index (χ2v) is 8.51. The molecule has 1 aromatic carbocycles. The summed E-state index contributed by atoms with van der Waals surface area (Å²) in [4.78, 5) is 12.4. The van der Waals surface area contributed by atoms with Crippen molar-refractivity contribution in [2.45, 2.75) is 44.1 Å². The monoisotopic (exact) mass is 349 g/mol. The Morgan fingerprint density at radius 2 is 1.65 bits per heavy atom. The highest BCUT2D eigenvalue weighted by molar-refractivity contribution is 6.42. The first-order valence-corrected chi connectivity index (χ1v) is 9.22. The largest absolute Gasteiger partial charge is 0.347 e. The van der Waals surface area contributed by atoms with Gasteiger partial charge in [-0.15, -0.1) is 0 Å². The molecule has 0 spiro atoms. The molecule has 4 aliphatic rings. The third-order valence-corrected chi connectivity index (χ3v) is 6.54. The van der Waals surface area contributed by atoms with E-state index in [4.69, 9.17) is 23.2 Å². The van der Waals surface area contributed by atoms with Crippen molar-refractivity contribution in [1.82, 2.24) is 5.32 Å². The van der Waals surface area contributed by atoms with E-state index in [1.165, 1.54) is 38.5 Å². The van der Waals surface area contributed by atoms with E-state index in [0.29, 0.717) is 10.0 Å². The van der Waals surface area contributed by atoms with Crippen molar-refractivity contribution in [1.29, 1.82) is 0 Å². The molecule has 23 heavy (non-hydrogen) atoms. The molecule has 4 aliphatic carbocycles. The van der Waals surface area contributed by atoms with Crippen molar-refractivity contribution in [2.75, 3.05) is 0 Å². The molecule has 1 aromatic rings. The summed E-state index contributed by atoms with van der Waals surface area (Å²) in [7, 11) is 0. The molecule has 0 atom stereocenters. The summed E-state index contributed by atoms with van der Waals surface area (Å²) < 4.78 is 0. The van der Waals surface area contributed by atoms with Crippen LogP contribution in [0.5, 0.6) is 0 Å². The average Bonchev–Trinajstić information content (AvgIpc) is 2.46. The molecular weight excluding hydrogens is 329 g/mol. The molecule has 0 aromatic heterocycles. The molecule has 1 amide bonds. The number of carbonyl (C=O) groups is 1. The Balaban J connectivity index is 1.44. The minimum atomic E-state index is 0.0121. The molecule has 122 valence electrons. The first-order valence-electron chi connectivity index (χ1n) is 8.47. The Labute approximate surface area is 147 Å². The highest BCUT2D eigenvalue weighted by Gasteiger charge is 2.51. The second kappa shape index (κ2) is 5.82. The van der Waals surface area contributed by atoms with E-state index < -0.39 is 0 Å². The summed E-state index contributed by atoms with van der Waals surface area (Å²) in [5, 5.41) is 4.38. The standard InChI is InChI=1S/C19H21Cl2NO/c20-16-3-1-12(8-17(16)21)2-4-18(23)22-19-9-13-5-14(10-19)7-15(6-13)11-19/h1-4,8,13-15H,5-7,9-11H2,(H,22,23)/b4-2+. The van der Waals surface area contributed by atoms with E-state index in [9.17, 15) is 4.79 Å². The number of amides is 1. The van der Waals surface area contributed by atoms with E-state index in [2.05, 4.69) is 5.32 Å². The predicted octanol–water partition coefficient (Wildman–Crippen LogP) is 5.09. The molecule has 0 aliphatic heterocycles. The van der Waals surface area contributed by atoms with Crippen molar-refractivity contribution < 1.29 is 4.79 Å². The lowest BCUT2D eigenvalue weighted by Crippen LogP contribution is -2.59. The number of hydrogen-bond donors (Lipinski definition) is 1. The molecule has 1 N–H and O–H groups in total. The Morgan fingerprint density at radius 1 is 1.04 bits per heavy atom. The lowest BCUT2D eigenvalue weighted by Gasteiger charge is -2.56. The van der Waals surface area contributed by atoms with Gasteiger partial charge in [-0.3, -0.25) is 4.79 Å². The number of benzene rings is 1. The Morgan fingerprint density at radius 3 is 2.22 bits per heavy atom. The van der Waals surface area contributed by atoms with E-state index in [1.54, 1.807) is 24.3 Å². The van der Waals surface area contributed by atoms with Gasteiger partial charge in [0.15, 0.2) is 0 Å². The number of carbonyl (C=O) groups excluding carboxylic acids is 1. The first-order chi connectivity index (χ1) is 11.0. The van der Waals surface area contributed by atoms with Gasteiger partial charge in [0.1, 0.15) is 0 Å². The Kier molecular flexibility index (Phi) is 3.93. The number of nitrogens with one attached hydrogen (secondary N) is 1. The van der Waals surface area contributed by atoms with Gasteiger partial charge in [-0.25, -0.2) is 0 Å². The van der Waals surface area contributed by atoms with Crippen LogP contribution in [0.15, 0.2) is 24.3 Å². The van der Waals surface area contributed by atoms with Gasteiger partial charge in [0.25, 0.3) is 0 Å². The van der Waals surface area contributed by atoms with Gasteiger partial charge in [0.2, 0.25) is 5.91 Å². The fourth-order valence-electron chi connectivity index (χ4n) is 5.35. The van der Waals surface area contributed by atoms with Crippen molar-refractivity contribution >= 4 is 35.2 Å². The fourth-order valence-corrected chi connectivity index (χ4v) is 5.66. The van der Waals surface area contributed by atoms with Crippen LogP contribution in [0.3, 0.4) is 0 Å². The van der Waals surface area contributed by atoms with Crippen molar-refractivity contribution in [3.05, 3.63) is 39.9 Å². The number of hydrogen-bond acceptors (Lipinski definition) is 1. The Hall–Kier alpha value is -0.990. The van der Waals surface area contributed by atoms with Crippen molar-refractivity contribution in [3.8, 4) is 0 Å². The van der Waals surface area contributed by atoms with Gasteiger partial charge in [-0.1, -0.05) is 29.3 Å². The minimum Gasteiger partial charge on any atom is -0.347 e. The van der Waals surface area contributed by atoms with Crippen LogP contribution >= 0.6 is 23.2 Å². The molecule has 0 radical (unpaired) electrons. The van der Waals surface area contributed by atoms with Crippen LogP contribution < -0.4 is 5.32 Å². The molecule has 4 bridgehead atoms. The SMILES string of the molecule is O=C(/C=C/c1ccc(Cl)c(Cl)c1)NC12CC3CC(CC(C3)C1)C2. The highest BCUT2D eigenvalue weighted by Crippen LogP contribution is 2.55. The van der Waals surface area contributed by atoms with Crippen LogP contribution in [0.4, 0.5) is 0 Å². The summed E-state index contributed by atoms with van der Waals surface area (Å²) in [6.07, 6.45) is 11.1. The lowest BCUT2D eigenvalue weighted by atomic mass is 9.53. The zero-order chi connectivity index (χ0) is 16.0. The smallest absolute Gasteiger partial charge is 0.244 e. The third kappa shape index (κ3) is 3.16. The topological polar surface area (TPSA) is 29.1 Å². The van der Waals surface area contributed by atoms with Gasteiger partial charge in [0, 0.05) is 11.6 Å². The maximum absolute atomic E-state index is 12.4. The summed E-state index contributed by atoms with van der Waals surface area (Å²) in [6, 6.07) is 5.39. The molecule has 0 heterocycles. The van der Waals surface area contributed by atoms with Crippen LogP contribution in [0.2, 0.25) is 10.0 Å². The molecule has 0 saturated heterocycles. The van der Waals surface area contributed by atoms with Gasteiger partial charge in [-0.2, -0.15) is 0 Å². The van der Waals surface area contributed by atoms with Gasteiger partial charge in [-0.05, 0) is 80.1 Å². The summed E-state index contributed by atoms with van der Waals surface area (Å²) in [5.41, 5.74) is 0.952. The summed E-state index contributed by atoms with van der Waals surface area (Å²) in [6.45, 7) is 0. The molecule has 4 heteroatoms. The second-order valence-electron chi connectivity index (χ2n) is 7.69. The predicted molar refractivity (Wildman–Crippen MR) is 94.5 cm³/mol. The number of rotatable bonds is 3. The highest BCUT2D eigenvalue weighted by atomic mass is 35.5. The van der Waals surface area contributed by atoms with Crippen molar-refractivity contribution in [2.24, 2.45) is 17.8 Å². The van der Waals surface area contributed by atoms with Gasteiger partial charge in [0.05, 0.1) is 10.0 Å². The van der Waals surface area contributed by atoms with E-state index >= 15 is 0 Å². The van der Waals surface area contributed by atoms with Crippen LogP contribution in [-0.2, 0) is 4.79 Å². The molecule has 0 unspecified atom stereocenters. The molecular formula is C19H21Cl2NO. The molecule has 4 saturated carbocycles. The van der Waals surface area contributed by atoms with Crippen LogP contribution in [0.25, 0.3) is 6.08 Å². The van der Waals surface area contributed by atoms with Crippen LogP contribution in [-0.4, -0.2) is 11.4 Å². The van der Waals surface area contributed by atoms with Crippen LogP contribution in [0.1, 0.15) is 44.1 Å². The first kappa shape index (κ1) is 15.5. The maximum atomic E-state index is 12.4. The fraction of sp³-hybridized carbons (Fsp3) is 0.526. The third-order valence-electron chi connectivity index (χ3n) is 5.80. The van der Waals surface area contributed by atoms with E-state index in [1.807, 2.05) is 6.07 Å². The Bertz CT molecular complexity index is 632. The summed E-state index contributed by atoms with van der Waals surface area (Å²) in [5.74, 6) is 2.51. The van der Waals surface area contributed by atoms with E-state index in [-0.39, 0.29) is 11.4 Å². The normalized spacial score (nSPS) is 35.0. The maximum Gasteiger partial charge on any atom is 0.244 e. The average molecular weight is 350 g/mol.